The molecule has 0 amide bonds. The molecule has 2 N–H and O–H groups in total. The summed E-state index contributed by atoms with van der Waals surface area (Å²) in [5, 5.41) is 2.09. The minimum Gasteiger partial charge on any atom is -0.370 e. The Morgan fingerprint density at radius 2 is 2.47 bits per heavy atom. The fourth-order valence-corrected chi connectivity index (χ4v) is 2.14. The van der Waals surface area contributed by atoms with Crippen LogP contribution < -0.4 is 5.73 Å². The predicted molar refractivity (Wildman–Crippen MR) is 65.0 cm³/mol. The Morgan fingerprint density at radius 1 is 1.67 bits per heavy atom. The molecule has 1 fully saturated rings. The number of nitrogens with zero attached hydrogens (tertiary/aromatic N) is 2. The van der Waals surface area contributed by atoms with Gasteiger partial charge in [0.1, 0.15) is 0 Å². The Labute approximate surface area is 94.6 Å². The maximum atomic E-state index is 5.97. The zero-order valence-electron chi connectivity index (χ0n) is 9.02. The number of thiophene rings is 1. The smallest absolute Gasteiger partial charge is 0.191 e. The van der Waals surface area contributed by atoms with Gasteiger partial charge in [-0.05, 0) is 31.2 Å². The molecule has 1 saturated carbocycles. The highest BCUT2D eigenvalue weighted by Crippen LogP contribution is 2.23. The van der Waals surface area contributed by atoms with Crippen LogP contribution in [0.5, 0.6) is 0 Å². The molecule has 0 unspecified atom stereocenters. The zero-order valence-corrected chi connectivity index (χ0v) is 9.83. The van der Waals surface area contributed by atoms with Crippen LogP contribution in [-0.2, 0) is 6.54 Å². The monoisotopic (exact) mass is 223 g/mol. The average molecular weight is 223 g/mol. The van der Waals surface area contributed by atoms with Crippen molar-refractivity contribution in [2.45, 2.75) is 32.4 Å². The van der Waals surface area contributed by atoms with E-state index in [-0.39, 0.29) is 0 Å². The van der Waals surface area contributed by atoms with Gasteiger partial charge in [0.15, 0.2) is 5.96 Å². The van der Waals surface area contributed by atoms with E-state index in [2.05, 4.69) is 34.3 Å². The summed E-state index contributed by atoms with van der Waals surface area (Å²) in [4.78, 5) is 7.93. The molecule has 0 atom stereocenters. The first kappa shape index (κ1) is 10.5. The Kier molecular flexibility index (Phi) is 3.26. The molecular weight excluding hydrogens is 206 g/mol. The molecule has 0 radical (unpaired) electrons. The first-order chi connectivity index (χ1) is 7.29. The van der Waals surface area contributed by atoms with Gasteiger partial charge in [-0.25, -0.2) is 4.99 Å². The van der Waals surface area contributed by atoms with E-state index >= 15 is 0 Å². The van der Waals surface area contributed by atoms with Gasteiger partial charge in [-0.1, -0.05) is 6.07 Å². The van der Waals surface area contributed by atoms with Crippen molar-refractivity contribution in [1.82, 2.24) is 4.90 Å². The van der Waals surface area contributed by atoms with Crippen molar-refractivity contribution in [2.75, 3.05) is 6.54 Å². The summed E-state index contributed by atoms with van der Waals surface area (Å²) in [6, 6.07) is 4.71. The molecule has 0 saturated heterocycles. The number of guanidine groups is 1. The number of nitrogens with two attached hydrogens (primary N) is 1. The molecule has 2 rings (SSSR count). The minimum atomic E-state index is 0.502. The number of rotatable bonds is 4. The molecule has 3 nitrogen and oxygen atoms in total. The van der Waals surface area contributed by atoms with Crippen LogP contribution >= 0.6 is 11.3 Å². The lowest BCUT2D eigenvalue weighted by Crippen LogP contribution is -2.36. The minimum absolute atomic E-state index is 0.502. The van der Waals surface area contributed by atoms with Crippen LogP contribution in [-0.4, -0.2) is 23.4 Å². The SMILES string of the molecule is CCN(Cc1cccs1)C(N)=NC1CC1. The van der Waals surface area contributed by atoms with Crippen molar-refractivity contribution in [1.29, 1.82) is 0 Å². The molecule has 1 aliphatic carbocycles. The molecule has 15 heavy (non-hydrogen) atoms. The lowest BCUT2D eigenvalue weighted by atomic mass is 10.4. The molecule has 4 heteroatoms. The highest BCUT2D eigenvalue weighted by Gasteiger charge is 2.21. The third-order valence-electron chi connectivity index (χ3n) is 2.49. The van der Waals surface area contributed by atoms with Gasteiger partial charge in [0.05, 0.1) is 12.6 Å². The molecule has 1 aliphatic rings. The third-order valence-corrected chi connectivity index (χ3v) is 3.36. The molecule has 1 heterocycles. The molecule has 82 valence electrons. The van der Waals surface area contributed by atoms with E-state index in [0.29, 0.717) is 12.0 Å². The molecule has 0 aromatic carbocycles. The van der Waals surface area contributed by atoms with Gasteiger partial charge >= 0.3 is 0 Å². The van der Waals surface area contributed by atoms with Crippen LogP contribution in [0.25, 0.3) is 0 Å². The largest absolute Gasteiger partial charge is 0.370 e. The molecule has 0 bridgehead atoms. The summed E-state index contributed by atoms with van der Waals surface area (Å²) in [5.74, 6) is 0.702. The van der Waals surface area contributed by atoms with Gasteiger partial charge in [0.25, 0.3) is 0 Å². The van der Waals surface area contributed by atoms with Crippen LogP contribution in [0, 0.1) is 0 Å². The van der Waals surface area contributed by atoms with Crippen LogP contribution in [0.1, 0.15) is 24.6 Å². The second kappa shape index (κ2) is 4.66. The fraction of sp³-hybridized carbons (Fsp3) is 0.545. The summed E-state index contributed by atoms with van der Waals surface area (Å²) in [6.07, 6.45) is 2.41. The van der Waals surface area contributed by atoms with E-state index in [1.807, 2.05) is 0 Å². The average Bonchev–Trinajstić information content (AvgIpc) is 2.89. The van der Waals surface area contributed by atoms with Gasteiger partial charge in [0, 0.05) is 11.4 Å². The van der Waals surface area contributed by atoms with E-state index < -0.39 is 0 Å². The van der Waals surface area contributed by atoms with Gasteiger partial charge < -0.3 is 10.6 Å². The molecule has 1 aromatic rings. The Morgan fingerprint density at radius 3 is 3.00 bits per heavy atom. The fourth-order valence-electron chi connectivity index (χ4n) is 1.42. The van der Waals surface area contributed by atoms with Crippen LogP contribution in [0.4, 0.5) is 0 Å². The van der Waals surface area contributed by atoms with Gasteiger partial charge in [-0.15, -0.1) is 11.3 Å². The lowest BCUT2D eigenvalue weighted by molar-refractivity contribution is 0.432. The Balaban J connectivity index is 1.96. The second-order valence-electron chi connectivity index (χ2n) is 3.81. The highest BCUT2D eigenvalue weighted by atomic mass is 32.1. The number of hydrogen-bond acceptors (Lipinski definition) is 2. The van der Waals surface area contributed by atoms with Crippen molar-refractivity contribution in [2.24, 2.45) is 10.7 Å². The second-order valence-corrected chi connectivity index (χ2v) is 4.84. The van der Waals surface area contributed by atoms with E-state index in [1.165, 1.54) is 17.7 Å². The predicted octanol–water partition coefficient (Wildman–Crippen LogP) is 2.05. The molecule has 0 aliphatic heterocycles. The molecule has 0 spiro atoms. The van der Waals surface area contributed by atoms with Crippen LogP contribution in [0.15, 0.2) is 22.5 Å². The van der Waals surface area contributed by atoms with Gasteiger partial charge in [-0.2, -0.15) is 0 Å². The normalized spacial score (nSPS) is 16.7. The first-order valence-electron chi connectivity index (χ1n) is 5.40. The molecular formula is C11H17N3S. The Bertz CT molecular complexity index is 328. The topological polar surface area (TPSA) is 41.6 Å². The third kappa shape index (κ3) is 2.96. The Hall–Kier alpha value is -1.03. The van der Waals surface area contributed by atoms with Crippen molar-refractivity contribution >= 4 is 17.3 Å². The zero-order chi connectivity index (χ0) is 10.7. The summed E-state index contributed by atoms with van der Waals surface area (Å²) in [7, 11) is 0. The summed E-state index contributed by atoms with van der Waals surface area (Å²) < 4.78 is 0. The first-order valence-corrected chi connectivity index (χ1v) is 6.28. The van der Waals surface area contributed by atoms with E-state index in [1.54, 1.807) is 11.3 Å². The van der Waals surface area contributed by atoms with Crippen LogP contribution in [0.2, 0.25) is 0 Å². The van der Waals surface area contributed by atoms with Crippen molar-refractivity contribution in [3.05, 3.63) is 22.4 Å². The van der Waals surface area contributed by atoms with Crippen molar-refractivity contribution in [3.8, 4) is 0 Å². The quantitative estimate of drug-likeness (QED) is 0.627. The summed E-state index contributed by atoms with van der Waals surface area (Å²) in [5.41, 5.74) is 5.97. The maximum absolute atomic E-state index is 5.97. The van der Waals surface area contributed by atoms with Crippen LogP contribution in [0.3, 0.4) is 0 Å². The summed E-state index contributed by atoms with van der Waals surface area (Å²) in [6.45, 7) is 3.92. The van der Waals surface area contributed by atoms with Crippen molar-refractivity contribution < 1.29 is 0 Å². The lowest BCUT2D eigenvalue weighted by Gasteiger charge is -2.20. The van der Waals surface area contributed by atoms with E-state index in [4.69, 9.17) is 5.73 Å². The van der Waals surface area contributed by atoms with Gasteiger partial charge in [-0.3, -0.25) is 0 Å². The highest BCUT2D eigenvalue weighted by molar-refractivity contribution is 7.09. The number of aliphatic imine (C=N–C) groups is 1. The van der Waals surface area contributed by atoms with E-state index in [9.17, 15) is 0 Å². The summed E-state index contributed by atoms with van der Waals surface area (Å²) >= 11 is 1.77. The standard InChI is InChI=1S/C11H17N3S/c1-2-14(8-10-4-3-7-15-10)11(12)13-9-5-6-9/h3-4,7,9H,2,5-6,8H2,1H3,(H2,12,13). The van der Waals surface area contributed by atoms with Crippen molar-refractivity contribution in [3.63, 3.8) is 0 Å². The van der Waals surface area contributed by atoms with Gasteiger partial charge in [0.2, 0.25) is 0 Å². The maximum Gasteiger partial charge on any atom is 0.191 e. The number of hydrogen-bond donors (Lipinski definition) is 1. The molecule has 1 aromatic heterocycles. The van der Waals surface area contributed by atoms with E-state index in [0.717, 1.165) is 13.1 Å².